The molecule has 1 aliphatic rings. The first-order valence-corrected chi connectivity index (χ1v) is 9.07. The van der Waals surface area contributed by atoms with E-state index in [0.717, 1.165) is 6.42 Å². The summed E-state index contributed by atoms with van der Waals surface area (Å²) >= 11 is 0. The topological polar surface area (TPSA) is 113 Å². The van der Waals surface area contributed by atoms with Crippen LogP contribution >= 0.6 is 0 Å². The molecule has 0 spiro atoms. The average Bonchev–Trinajstić information content (AvgIpc) is 2.39. The zero-order chi connectivity index (χ0) is 15.9. The number of carboxylic acid groups (broad SMARTS) is 1. The van der Waals surface area contributed by atoms with Gasteiger partial charge in [0.05, 0.1) is 11.5 Å². The van der Waals surface area contributed by atoms with Gasteiger partial charge in [-0.25, -0.2) is 13.2 Å². The van der Waals surface area contributed by atoms with Gasteiger partial charge in [-0.15, -0.1) is 0 Å². The Labute approximate surface area is 125 Å². The Morgan fingerprint density at radius 2 is 1.86 bits per heavy atom. The molecule has 0 radical (unpaired) electrons. The highest BCUT2D eigenvalue weighted by Gasteiger charge is 2.24. The number of nitrogens with one attached hydrogen (secondary N) is 2. The van der Waals surface area contributed by atoms with Crippen LogP contribution in [0.5, 0.6) is 0 Å². The van der Waals surface area contributed by atoms with E-state index in [-0.39, 0.29) is 35.9 Å². The Kier molecular flexibility index (Phi) is 6.94. The number of carboxylic acids is 1. The molecular weight excluding hydrogens is 296 g/mol. The predicted octanol–water partition coefficient (Wildman–Crippen LogP) is 0.754. The van der Waals surface area contributed by atoms with E-state index < -0.39 is 15.8 Å². The molecule has 21 heavy (non-hydrogen) atoms. The Bertz CT molecular complexity index is 449. The summed E-state index contributed by atoms with van der Waals surface area (Å²) in [5, 5.41) is 14.1. The number of hydrogen-bond acceptors (Lipinski definition) is 4. The Morgan fingerprint density at radius 1 is 1.24 bits per heavy atom. The van der Waals surface area contributed by atoms with Crippen molar-refractivity contribution in [2.45, 2.75) is 45.1 Å². The number of urea groups is 1. The number of hydrogen-bond donors (Lipinski definition) is 3. The first-order valence-electron chi connectivity index (χ1n) is 7.25. The second-order valence-electron chi connectivity index (χ2n) is 5.65. The maximum Gasteiger partial charge on any atom is 0.315 e. The highest BCUT2D eigenvalue weighted by molar-refractivity contribution is 7.91. The Morgan fingerprint density at radius 3 is 2.43 bits per heavy atom. The van der Waals surface area contributed by atoms with Crippen molar-refractivity contribution in [2.75, 3.05) is 18.1 Å². The molecule has 1 aliphatic heterocycles. The fourth-order valence-corrected chi connectivity index (χ4v) is 3.71. The van der Waals surface area contributed by atoms with Crippen LogP contribution in [0.4, 0.5) is 4.79 Å². The smallest absolute Gasteiger partial charge is 0.315 e. The zero-order valence-electron chi connectivity index (χ0n) is 12.3. The monoisotopic (exact) mass is 320 g/mol. The fraction of sp³-hybridized carbons (Fsp3) is 0.846. The second-order valence-corrected chi connectivity index (χ2v) is 7.96. The van der Waals surface area contributed by atoms with E-state index in [1.165, 1.54) is 0 Å². The van der Waals surface area contributed by atoms with E-state index in [1.54, 1.807) is 0 Å². The van der Waals surface area contributed by atoms with Gasteiger partial charge in [-0.1, -0.05) is 6.92 Å². The third-order valence-electron chi connectivity index (χ3n) is 3.66. The van der Waals surface area contributed by atoms with Crippen LogP contribution in [0.1, 0.15) is 39.0 Å². The van der Waals surface area contributed by atoms with E-state index in [9.17, 15) is 18.0 Å². The van der Waals surface area contributed by atoms with E-state index in [0.29, 0.717) is 25.8 Å². The molecule has 0 aromatic carbocycles. The van der Waals surface area contributed by atoms with Crippen LogP contribution in [0.15, 0.2) is 0 Å². The molecule has 8 heteroatoms. The van der Waals surface area contributed by atoms with Gasteiger partial charge in [-0.05, 0) is 31.6 Å². The van der Waals surface area contributed by atoms with Gasteiger partial charge in [0.25, 0.3) is 0 Å². The molecule has 1 unspecified atom stereocenters. The molecule has 1 fully saturated rings. The summed E-state index contributed by atoms with van der Waals surface area (Å²) in [4.78, 5) is 22.1. The molecular formula is C13H24N2O5S. The van der Waals surface area contributed by atoms with Gasteiger partial charge in [0, 0.05) is 19.0 Å². The van der Waals surface area contributed by atoms with Gasteiger partial charge in [0.15, 0.2) is 0 Å². The van der Waals surface area contributed by atoms with Crippen molar-refractivity contribution < 1.29 is 23.1 Å². The minimum Gasteiger partial charge on any atom is -0.481 e. The highest BCUT2D eigenvalue weighted by atomic mass is 32.2. The van der Waals surface area contributed by atoms with Crippen LogP contribution in [0.2, 0.25) is 0 Å². The van der Waals surface area contributed by atoms with Crippen LogP contribution < -0.4 is 10.6 Å². The average molecular weight is 320 g/mol. The normalized spacial score (nSPS) is 19.7. The molecule has 0 bridgehead atoms. The third-order valence-corrected chi connectivity index (χ3v) is 5.38. The standard InChI is InChI=1S/C13H24N2O5S/c1-10(2-3-12(16)17)4-7-14-13(18)15-11-5-8-21(19,20)9-6-11/h10-11H,2-9H2,1H3,(H,16,17)(H2,14,15,18). The Hall–Kier alpha value is -1.31. The molecule has 0 saturated carbocycles. The summed E-state index contributed by atoms with van der Waals surface area (Å²) in [5.74, 6) is -0.310. The number of carbonyl (C=O) groups is 2. The lowest BCUT2D eigenvalue weighted by atomic mass is 10.0. The zero-order valence-corrected chi connectivity index (χ0v) is 13.1. The summed E-state index contributed by atoms with van der Waals surface area (Å²) in [6.07, 6.45) is 2.39. The van der Waals surface area contributed by atoms with Crippen LogP contribution in [0.3, 0.4) is 0 Å². The number of amides is 2. The molecule has 1 heterocycles. The number of rotatable bonds is 7. The van der Waals surface area contributed by atoms with Crippen LogP contribution in [-0.2, 0) is 14.6 Å². The van der Waals surface area contributed by atoms with Crippen LogP contribution in [0, 0.1) is 5.92 Å². The van der Waals surface area contributed by atoms with E-state index in [4.69, 9.17) is 5.11 Å². The van der Waals surface area contributed by atoms with Crippen molar-refractivity contribution in [1.29, 1.82) is 0 Å². The summed E-state index contributed by atoms with van der Waals surface area (Å²) in [5.41, 5.74) is 0. The first-order chi connectivity index (χ1) is 9.78. The molecule has 3 N–H and O–H groups in total. The molecule has 1 atom stereocenters. The van der Waals surface area contributed by atoms with Crippen molar-refractivity contribution in [3.8, 4) is 0 Å². The van der Waals surface area contributed by atoms with Gasteiger partial charge in [0.2, 0.25) is 0 Å². The number of carbonyl (C=O) groups excluding carboxylic acids is 1. The van der Waals surface area contributed by atoms with E-state index in [1.807, 2.05) is 6.92 Å². The third kappa shape index (κ3) is 7.89. The largest absolute Gasteiger partial charge is 0.481 e. The first kappa shape index (κ1) is 17.7. The van der Waals surface area contributed by atoms with Gasteiger partial charge in [-0.3, -0.25) is 4.79 Å². The van der Waals surface area contributed by atoms with Crippen molar-refractivity contribution in [1.82, 2.24) is 10.6 Å². The van der Waals surface area contributed by atoms with E-state index >= 15 is 0 Å². The number of aliphatic carboxylic acids is 1. The fourth-order valence-electron chi connectivity index (χ4n) is 2.22. The Balaban J connectivity index is 2.13. The van der Waals surface area contributed by atoms with Crippen molar-refractivity contribution >= 4 is 21.8 Å². The van der Waals surface area contributed by atoms with Gasteiger partial charge < -0.3 is 15.7 Å². The molecule has 122 valence electrons. The molecule has 1 saturated heterocycles. The summed E-state index contributed by atoms with van der Waals surface area (Å²) in [6, 6.07) is -0.373. The van der Waals surface area contributed by atoms with Gasteiger partial charge in [-0.2, -0.15) is 0 Å². The van der Waals surface area contributed by atoms with Crippen LogP contribution in [0.25, 0.3) is 0 Å². The lowest BCUT2D eigenvalue weighted by Gasteiger charge is -2.23. The summed E-state index contributed by atoms with van der Waals surface area (Å²) in [7, 11) is -2.91. The van der Waals surface area contributed by atoms with Crippen LogP contribution in [-0.4, -0.2) is 49.6 Å². The molecule has 7 nitrogen and oxygen atoms in total. The summed E-state index contributed by atoms with van der Waals surface area (Å²) in [6.45, 7) is 2.44. The van der Waals surface area contributed by atoms with Crippen molar-refractivity contribution in [3.05, 3.63) is 0 Å². The predicted molar refractivity (Wildman–Crippen MR) is 78.9 cm³/mol. The second kappa shape index (κ2) is 8.21. The van der Waals surface area contributed by atoms with Crippen molar-refractivity contribution in [3.63, 3.8) is 0 Å². The molecule has 0 aromatic rings. The lowest BCUT2D eigenvalue weighted by Crippen LogP contribution is -2.45. The van der Waals surface area contributed by atoms with Gasteiger partial charge >= 0.3 is 12.0 Å². The molecule has 1 rings (SSSR count). The number of sulfone groups is 1. The quantitative estimate of drug-likeness (QED) is 0.641. The molecule has 2 amide bonds. The van der Waals surface area contributed by atoms with Crippen molar-refractivity contribution in [2.24, 2.45) is 5.92 Å². The maximum atomic E-state index is 11.7. The molecule has 0 aromatic heterocycles. The SMILES string of the molecule is CC(CCNC(=O)NC1CCS(=O)(=O)CC1)CCC(=O)O. The maximum absolute atomic E-state index is 11.7. The minimum absolute atomic E-state index is 0.0852. The summed E-state index contributed by atoms with van der Waals surface area (Å²) < 4.78 is 22.5. The van der Waals surface area contributed by atoms with Gasteiger partial charge in [0.1, 0.15) is 9.84 Å². The lowest BCUT2D eigenvalue weighted by molar-refractivity contribution is -0.137. The minimum atomic E-state index is -2.91. The highest BCUT2D eigenvalue weighted by Crippen LogP contribution is 2.12. The van der Waals surface area contributed by atoms with E-state index in [2.05, 4.69) is 10.6 Å². The molecule has 0 aliphatic carbocycles.